The van der Waals surface area contributed by atoms with Gasteiger partial charge in [0.25, 0.3) is 0 Å². The van der Waals surface area contributed by atoms with E-state index >= 15 is 0 Å². The Kier molecular flexibility index (Phi) is 5.76. The van der Waals surface area contributed by atoms with Crippen LogP contribution in [0.3, 0.4) is 0 Å². The third-order valence-electron chi connectivity index (χ3n) is 3.89. The van der Waals surface area contributed by atoms with E-state index in [1.54, 1.807) is 20.5 Å². The normalized spacial score (nSPS) is 21.8. The van der Waals surface area contributed by atoms with Gasteiger partial charge in [0.05, 0.1) is 0 Å². The molecule has 0 aromatic carbocycles. The molecule has 1 aliphatic rings. The van der Waals surface area contributed by atoms with Gasteiger partial charge >= 0.3 is 0 Å². The van der Waals surface area contributed by atoms with Crippen molar-refractivity contribution in [2.24, 2.45) is 0 Å². The van der Waals surface area contributed by atoms with Crippen molar-refractivity contribution in [3.05, 3.63) is 11.9 Å². The summed E-state index contributed by atoms with van der Waals surface area (Å²) in [6.07, 6.45) is 3.83. The van der Waals surface area contributed by atoms with Crippen LogP contribution in [0.25, 0.3) is 0 Å². The zero-order chi connectivity index (χ0) is 15.2. The topological polar surface area (TPSA) is 59.5 Å². The summed E-state index contributed by atoms with van der Waals surface area (Å²) in [5.74, 6) is 1.95. The maximum absolute atomic E-state index is 5.52. The summed E-state index contributed by atoms with van der Waals surface area (Å²) >= 11 is 0. The second-order valence-corrected chi connectivity index (χ2v) is 5.26. The summed E-state index contributed by atoms with van der Waals surface area (Å²) in [5.41, 5.74) is 1.19. The fourth-order valence-corrected chi connectivity index (χ4v) is 2.85. The Balaban J connectivity index is 2.28. The summed E-state index contributed by atoms with van der Waals surface area (Å²) in [4.78, 5) is 11.2. The molecule has 1 aromatic heterocycles. The molecule has 0 bridgehead atoms. The largest absolute Gasteiger partial charge is 0.377 e. The first-order valence-corrected chi connectivity index (χ1v) is 7.63. The van der Waals surface area contributed by atoms with Gasteiger partial charge in [0.2, 0.25) is 0 Å². The summed E-state index contributed by atoms with van der Waals surface area (Å²) < 4.78 is 11.0. The van der Waals surface area contributed by atoms with E-state index in [9.17, 15) is 0 Å². The third kappa shape index (κ3) is 3.44. The van der Waals surface area contributed by atoms with Crippen LogP contribution in [0.2, 0.25) is 0 Å². The van der Waals surface area contributed by atoms with Crippen LogP contribution in [0, 0.1) is 0 Å². The van der Waals surface area contributed by atoms with Gasteiger partial charge in [0.1, 0.15) is 30.2 Å². The lowest BCUT2D eigenvalue weighted by Gasteiger charge is -2.22. The number of ether oxygens (including phenoxy) is 2. The van der Waals surface area contributed by atoms with Crippen LogP contribution < -0.4 is 10.2 Å². The van der Waals surface area contributed by atoms with Gasteiger partial charge in [-0.1, -0.05) is 13.3 Å². The molecular weight excluding hydrogens is 268 g/mol. The highest BCUT2D eigenvalue weighted by Gasteiger charge is 2.34. The number of methoxy groups -OCH3 is 2. The first-order chi connectivity index (χ1) is 10.2. The lowest BCUT2D eigenvalue weighted by atomic mass is 10.1. The van der Waals surface area contributed by atoms with Crippen LogP contribution in [0.4, 0.5) is 11.6 Å². The number of nitrogens with one attached hydrogen (secondary N) is 1. The minimum Gasteiger partial charge on any atom is -0.377 e. The fraction of sp³-hybridized carbons (Fsp3) is 0.733. The predicted molar refractivity (Wildman–Crippen MR) is 84.0 cm³/mol. The Bertz CT molecular complexity index is 443. The molecule has 1 aromatic rings. The number of hydrogen-bond acceptors (Lipinski definition) is 6. The minimum atomic E-state index is 0.0852. The molecule has 1 aliphatic heterocycles. The fourth-order valence-electron chi connectivity index (χ4n) is 2.85. The molecule has 1 N–H and O–H groups in total. The van der Waals surface area contributed by atoms with Crippen molar-refractivity contribution in [2.75, 3.05) is 44.1 Å². The average molecular weight is 294 g/mol. The Hall–Kier alpha value is -1.40. The van der Waals surface area contributed by atoms with Gasteiger partial charge in [-0.2, -0.15) is 0 Å². The molecule has 2 heterocycles. The van der Waals surface area contributed by atoms with E-state index in [1.807, 2.05) is 0 Å². The smallest absolute Gasteiger partial charge is 0.137 e. The molecule has 0 saturated carbocycles. The van der Waals surface area contributed by atoms with Crippen molar-refractivity contribution < 1.29 is 9.47 Å². The van der Waals surface area contributed by atoms with Gasteiger partial charge in [-0.25, -0.2) is 9.97 Å². The molecule has 2 rings (SSSR count). The summed E-state index contributed by atoms with van der Waals surface area (Å²) in [7, 11) is 3.47. The summed E-state index contributed by atoms with van der Waals surface area (Å²) in [6.45, 7) is 6.71. The van der Waals surface area contributed by atoms with Crippen LogP contribution >= 0.6 is 0 Å². The number of aromatic nitrogens is 2. The predicted octanol–water partition coefficient (Wildman–Crippen LogP) is 1.71. The first-order valence-electron chi connectivity index (χ1n) is 7.63. The van der Waals surface area contributed by atoms with E-state index in [4.69, 9.17) is 9.47 Å². The minimum absolute atomic E-state index is 0.0852. The molecule has 0 spiro atoms. The lowest BCUT2D eigenvalue weighted by molar-refractivity contribution is -0.00461. The second kappa shape index (κ2) is 7.56. The standard InChI is InChI=1S/C15H26N4O2/c1-5-7-11-14(16-6-2)17-10-18-15(11)19-8-12(20-3)13(9-19)21-4/h10,12-13H,5-9H2,1-4H3,(H,16,17,18). The van der Waals surface area contributed by atoms with Crippen LogP contribution in [0.15, 0.2) is 6.33 Å². The first kappa shape index (κ1) is 16.0. The number of nitrogens with zero attached hydrogens (tertiary/aromatic N) is 3. The molecule has 0 amide bonds. The second-order valence-electron chi connectivity index (χ2n) is 5.26. The number of rotatable bonds is 7. The maximum Gasteiger partial charge on any atom is 0.137 e. The van der Waals surface area contributed by atoms with Gasteiger partial charge in [-0.3, -0.25) is 0 Å². The number of anilines is 2. The highest BCUT2D eigenvalue weighted by molar-refractivity contribution is 5.59. The van der Waals surface area contributed by atoms with Crippen LogP contribution in [0.1, 0.15) is 25.8 Å². The molecule has 2 atom stereocenters. The van der Waals surface area contributed by atoms with Crippen molar-refractivity contribution >= 4 is 11.6 Å². The van der Waals surface area contributed by atoms with E-state index in [0.29, 0.717) is 0 Å². The zero-order valence-corrected chi connectivity index (χ0v) is 13.4. The highest BCUT2D eigenvalue weighted by atomic mass is 16.5. The summed E-state index contributed by atoms with van der Waals surface area (Å²) in [6, 6.07) is 0. The van der Waals surface area contributed by atoms with Gasteiger partial charge in [-0.05, 0) is 13.3 Å². The molecule has 1 saturated heterocycles. The molecule has 0 aliphatic carbocycles. The van der Waals surface area contributed by atoms with Gasteiger partial charge in [-0.15, -0.1) is 0 Å². The van der Waals surface area contributed by atoms with E-state index in [0.717, 1.165) is 44.1 Å². The van der Waals surface area contributed by atoms with E-state index in [-0.39, 0.29) is 12.2 Å². The zero-order valence-electron chi connectivity index (χ0n) is 13.4. The molecular formula is C15H26N4O2. The Morgan fingerprint density at radius 3 is 2.38 bits per heavy atom. The van der Waals surface area contributed by atoms with Crippen LogP contribution in [-0.4, -0.2) is 56.0 Å². The Morgan fingerprint density at radius 2 is 1.86 bits per heavy atom. The molecule has 6 nitrogen and oxygen atoms in total. The Labute approximate surface area is 126 Å². The average Bonchev–Trinajstić information content (AvgIpc) is 2.92. The molecule has 2 unspecified atom stereocenters. The van der Waals surface area contributed by atoms with Crippen LogP contribution in [-0.2, 0) is 15.9 Å². The van der Waals surface area contributed by atoms with Crippen LogP contribution in [0.5, 0.6) is 0 Å². The van der Waals surface area contributed by atoms with E-state index < -0.39 is 0 Å². The molecule has 1 fully saturated rings. The van der Waals surface area contributed by atoms with Crippen molar-refractivity contribution in [1.82, 2.24) is 9.97 Å². The highest BCUT2D eigenvalue weighted by Crippen LogP contribution is 2.29. The van der Waals surface area contributed by atoms with Crippen molar-refractivity contribution in [1.29, 1.82) is 0 Å². The van der Waals surface area contributed by atoms with Gasteiger partial charge in [0, 0.05) is 39.4 Å². The van der Waals surface area contributed by atoms with Crippen molar-refractivity contribution in [3.8, 4) is 0 Å². The third-order valence-corrected chi connectivity index (χ3v) is 3.89. The maximum atomic E-state index is 5.52. The van der Waals surface area contributed by atoms with E-state index in [1.165, 1.54) is 5.56 Å². The van der Waals surface area contributed by atoms with Gasteiger partial charge in [0.15, 0.2) is 0 Å². The van der Waals surface area contributed by atoms with Crippen molar-refractivity contribution in [3.63, 3.8) is 0 Å². The molecule has 0 radical (unpaired) electrons. The summed E-state index contributed by atoms with van der Waals surface area (Å²) in [5, 5.41) is 3.33. The number of hydrogen-bond donors (Lipinski definition) is 1. The SMILES string of the molecule is CCCc1c(NCC)ncnc1N1CC(OC)C(OC)C1. The molecule has 118 valence electrons. The van der Waals surface area contributed by atoms with Gasteiger partial charge < -0.3 is 19.7 Å². The van der Waals surface area contributed by atoms with E-state index in [2.05, 4.69) is 34.0 Å². The monoisotopic (exact) mass is 294 g/mol. The molecule has 6 heteroatoms. The lowest BCUT2D eigenvalue weighted by Crippen LogP contribution is -2.27. The quantitative estimate of drug-likeness (QED) is 0.826. The van der Waals surface area contributed by atoms with Crippen molar-refractivity contribution in [2.45, 2.75) is 38.9 Å². The molecule has 21 heavy (non-hydrogen) atoms. The Morgan fingerprint density at radius 1 is 1.19 bits per heavy atom.